The van der Waals surface area contributed by atoms with Gasteiger partial charge in [-0.2, -0.15) is 0 Å². The van der Waals surface area contributed by atoms with Crippen LogP contribution < -0.4 is 0 Å². The van der Waals surface area contributed by atoms with Crippen LogP contribution in [0, 0.1) is 6.92 Å². The quantitative estimate of drug-likeness (QED) is 0.783. The number of esters is 1. The van der Waals surface area contributed by atoms with E-state index >= 15 is 0 Å². The summed E-state index contributed by atoms with van der Waals surface area (Å²) in [6.07, 6.45) is 4.61. The van der Waals surface area contributed by atoms with Gasteiger partial charge in [-0.1, -0.05) is 0 Å². The van der Waals surface area contributed by atoms with Crippen molar-refractivity contribution < 1.29 is 9.53 Å². The van der Waals surface area contributed by atoms with Crippen LogP contribution in [0.15, 0.2) is 16.7 Å². The lowest BCUT2D eigenvalue weighted by atomic mass is 9.77. The zero-order valence-corrected chi connectivity index (χ0v) is 11.0. The third-order valence-electron chi connectivity index (χ3n) is 3.01. The zero-order valence-electron chi connectivity index (χ0n) is 9.42. The molecule has 4 heteroatoms. The summed E-state index contributed by atoms with van der Waals surface area (Å²) >= 11 is 3.42. The minimum absolute atomic E-state index is 0.234. The molecule has 1 aliphatic rings. The van der Waals surface area contributed by atoms with Crippen molar-refractivity contribution in [2.45, 2.75) is 38.7 Å². The second-order valence-corrected chi connectivity index (χ2v) is 5.11. The number of hydrogen-bond donors (Lipinski definition) is 0. The molecule has 0 amide bonds. The highest BCUT2D eigenvalue weighted by molar-refractivity contribution is 9.10. The second-order valence-electron chi connectivity index (χ2n) is 4.26. The molecule has 0 aliphatic heterocycles. The minimum Gasteiger partial charge on any atom is -0.453 e. The Morgan fingerprint density at radius 3 is 2.69 bits per heavy atom. The molecule has 1 aromatic rings. The molecule has 0 N–H and O–H groups in total. The normalized spacial score (nSPS) is 17.7. The lowest BCUT2D eigenvalue weighted by Crippen LogP contribution is -2.39. The van der Waals surface area contributed by atoms with Crippen molar-refractivity contribution in [3.05, 3.63) is 28.0 Å². The first-order valence-corrected chi connectivity index (χ1v) is 6.15. The van der Waals surface area contributed by atoms with Crippen molar-refractivity contribution in [1.82, 2.24) is 4.98 Å². The van der Waals surface area contributed by atoms with Gasteiger partial charge in [-0.25, -0.2) is 0 Å². The average molecular weight is 284 g/mol. The molecular weight excluding hydrogens is 270 g/mol. The van der Waals surface area contributed by atoms with Crippen molar-refractivity contribution >= 4 is 21.9 Å². The van der Waals surface area contributed by atoms with E-state index in [1.165, 1.54) is 6.92 Å². The minimum atomic E-state index is -0.461. The summed E-state index contributed by atoms with van der Waals surface area (Å²) in [4.78, 5) is 15.5. The number of hydrogen-bond acceptors (Lipinski definition) is 3. The van der Waals surface area contributed by atoms with Gasteiger partial charge in [0, 0.05) is 17.6 Å². The maximum absolute atomic E-state index is 11.1. The molecule has 0 spiro atoms. The summed E-state index contributed by atoms with van der Waals surface area (Å²) < 4.78 is 6.42. The molecule has 0 radical (unpaired) electrons. The van der Waals surface area contributed by atoms with Gasteiger partial charge in [-0.05, 0) is 53.7 Å². The lowest BCUT2D eigenvalue weighted by Gasteiger charge is -2.40. The zero-order chi connectivity index (χ0) is 11.8. The second kappa shape index (κ2) is 4.17. The molecule has 86 valence electrons. The molecule has 3 nitrogen and oxygen atoms in total. The average Bonchev–Trinajstić information content (AvgIpc) is 2.16. The number of aryl methyl sites for hydroxylation is 1. The molecule has 1 heterocycles. The Bertz CT molecular complexity index is 427. The predicted octanol–water partition coefficient (Wildman–Crippen LogP) is 3.09. The molecule has 0 unspecified atom stereocenters. The molecule has 1 aromatic heterocycles. The number of aromatic nitrogens is 1. The molecule has 0 bridgehead atoms. The largest absolute Gasteiger partial charge is 0.453 e. The van der Waals surface area contributed by atoms with Crippen molar-refractivity contribution in [2.24, 2.45) is 0 Å². The Hall–Kier alpha value is -0.900. The maximum Gasteiger partial charge on any atom is 0.303 e. The topological polar surface area (TPSA) is 39.2 Å². The van der Waals surface area contributed by atoms with Crippen LogP contribution in [-0.4, -0.2) is 11.0 Å². The van der Waals surface area contributed by atoms with Gasteiger partial charge in [0.05, 0.1) is 5.69 Å². The SMILES string of the molecule is CC(=O)OC1(c2cc(C)c(Br)cn2)CCC1. The molecular formula is C12H14BrNO2. The third kappa shape index (κ3) is 1.98. The van der Waals surface area contributed by atoms with E-state index in [1.54, 1.807) is 6.20 Å². The summed E-state index contributed by atoms with van der Waals surface area (Å²) in [5.74, 6) is -0.234. The first-order chi connectivity index (χ1) is 7.53. The first-order valence-electron chi connectivity index (χ1n) is 5.36. The van der Waals surface area contributed by atoms with Crippen LogP contribution in [0.3, 0.4) is 0 Å². The Morgan fingerprint density at radius 1 is 1.56 bits per heavy atom. The van der Waals surface area contributed by atoms with Crippen LogP contribution in [0.4, 0.5) is 0 Å². The molecule has 1 saturated carbocycles. The standard InChI is InChI=1S/C12H14BrNO2/c1-8-6-11(14-7-10(8)13)12(4-3-5-12)16-9(2)15/h6-7H,3-5H2,1-2H3. The lowest BCUT2D eigenvalue weighted by molar-refractivity contribution is -0.169. The summed E-state index contributed by atoms with van der Waals surface area (Å²) in [5.41, 5.74) is 1.52. The van der Waals surface area contributed by atoms with Gasteiger partial charge in [0.1, 0.15) is 0 Å². The monoisotopic (exact) mass is 283 g/mol. The number of carbonyl (C=O) groups excluding carboxylic acids is 1. The Morgan fingerprint density at radius 2 is 2.25 bits per heavy atom. The fourth-order valence-electron chi connectivity index (χ4n) is 1.97. The number of nitrogens with zero attached hydrogens (tertiary/aromatic N) is 1. The molecule has 1 aliphatic carbocycles. The fraction of sp³-hybridized carbons (Fsp3) is 0.500. The maximum atomic E-state index is 11.1. The summed E-state index contributed by atoms with van der Waals surface area (Å²) in [5, 5.41) is 0. The number of halogens is 1. The molecule has 0 saturated heterocycles. The van der Waals surface area contributed by atoms with Gasteiger partial charge in [-0.15, -0.1) is 0 Å². The van der Waals surface area contributed by atoms with Crippen molar-refractivity contribution in [3.63, 3.8) is 0 Å². The van der Waals surface area contributed by atoms with Crippen molar-refractivity contribution in [3.8, 4) is 0 Å². The van der Waals surface area contributed by atoms with E-state index in [4.69, 9.17) is 4.74 Å². The summed E-state index contributed by atoms with van der Waals surface area (Å²) in [7, 11) is 0. The molecule has 0 aromatic carbocycles. The third-order valence-corrected chi connectivity index (χ3v) is 3.84. The Kier molecular flexibility index (Phi) is 3.02. The Labute approximate surface area is 103 Å². The number of pyridine rings is 1. The molecule has 2 rings (SSSR count). The summed E-state index contributed by atoms with van der Waals surface area (Å²) in [6, 6.07) is 1.99. The van der Waals surface area contributed by atoms with E-state index in [2.05, 4.69) is 20.9 Å². The fourth-order valence-corrected chi connectivity index (χ4v) is 2.19. The van der Waals surface area contributed by atoms with Gasteiger partial charge in [0.15, 0.2) is 5.60 Å². The van der Waals surface area contributed by atoms with Crippen LogP contribution in [0.2, 0.25) is 0 Å². The van der Waals surface area contributed by atoms with Gasteiger partial charge in [0.25, 0.3) is 0 Å². The van der Waals surface area contributed by atoms with Crippen LogP contribution in [0.5, 0.6) is 0 Å². The predicted molar refractivity (Wildman–Crippen MR) is 64.0 cm³/mol. The first kappa shape index (κ1) is 11.6. The van der Waals surface area contributed by atoms with E-state index in [-0.39, 0.29) is 5.97 Å². The van der Waals surface area contributed by atoms with E-state index in [0.717, 1.165) is 35.0 Å². The van der Waals surface area contributed by atoms with Crippen LogP contribution >= 0.6 is 15.9 Å². The Balaban J connectivity index is 2.33. The van der Waals surface area contributed by atoms with Crippen LogP contribution in [0.25, 0.3) is 0 Å². The van der Waals surface area contributed by atoms with Crippen LogP contribution in [-0.2, 0) is 15.1 Å². The summed E-state index contributed by atoms with van der Waals surface area (Å²) in [6.45, 7) is 3.46. The highest BCUT2D eigenvalue weighted by Crippen LogP contribution is 2.44. The van der Waals surface area contributed by atoms with Gasteiger partial charge in [0.2, 0.25) is 0 Å². The van der Waals surface area contributed by atoms with E-state index < -0.39 is 5.60 Å². The number of ether oxygens (including phenoxy) is 1. The van der Waals surface area contributed by atoms with Gasteiger partial charge < -0.3 is 4.74 Å². The van der Waals surface area contributed by atoms with E-state index in [9.17, 15) is 4.79 Å². The molecule has 0 atom stereocenters. The van der Waals surface area contributed by atoms with Crippen molar-refractivity contribution in [2.75, 3.05) is 0 Å². The smallest absolute Gasteiger partial charge is 0.303 e. The highest BCUT2D eigenvalue weighted by atomic mass is 79.9. The van der Waals surface area contributed by atoms with Crippen LogP contribution in [0.1, 0.15) is 37.4 Å². The number of carbonyl (C=O) groups is 1. The highest BCUT2D eigenvalue weighted by Gasteiger charge is 2.43. The van der Waals surface area contributed by atoms with E-state index in [1.807, 2.05) is 13.0 Å². The molecule has 1 fully saturated rings. The van der Waals surface area contributed by atoms with Gasteiger partial charge >= 0.3 is 5.97 Å². The van der Waals surface area contributed by atoms with E-state index in [0.29, 0.717) is 0 Å². The number of rotatable bonds is 2. The van der Waals surface area contributed by atoms with Gasteiger partial charge in [-0.3, -0.25) is 9.78 Å². The molecule has 16 heavy (non-hydrogen) atoms. The van der Waals surface area contributed by atoms with Crippen molar-refractivity contribution in [1.29, 1.82) is 0 Å².